The molecule has 3 aromatic carbocycles. The van der Waals surface area contributed by atoms with Gasteiger partial charge in [0.2, 0.25) is 11.8 Å². The molecule has 0 fully saturated rings. The molecule has 0 bridgehead atoms. The molecule has 0 aliphatic heterocycles. The highest BCUT2D eigenvalue weighted by Gasteiger charge is 2.30. The van der Waals surface area contributed by atoms with E-state index in [4.69, 9.17) is 0 Å². The summed E-state index contributed by atoms with van der Waals surface area (Å²) in [7, 11) is 0. The number of nitrogens with zero attached hydrogens (tertiary/aromatic N) is 1. The van der Waals surface area contributed by atoms with Crippen molar-refractivity contribution in [2.75, 3.05) is 6.54 Å². The summed E-state index contributed by atoms with van der Waals surface area (Å²) in [6.07, 6.45) is 1.49. The third-order valence-corrected chi connectivity index (χ3v) is 6.14. The zero-order valence-electron chi connectivity index (χ0n) is 21.5. The van der Waals surface area contributed by atoms with Crippen LogP contribution in [-0.2, 0) is 29.0 Å². The summed E-state index contributed by atoms with van der Waals surface area (Å²) in [5.74, 6) is 0.227. The van der Waals surface area contributed by atoms with Gasteiger partial charge >= 0.3 is 0 Å². The number of benzene rings is 3. The third kappa shape index (κ3) is 8.40. The zero-order chi connectivity index (χ0) is 25.2. The number of hydrogen-bond donors (Lipinski definition) is 1. The second kappa shape index (κ2) is 12.9. The van der Waals surface area contributed by atoms with Crippen molar-refractivity contribution in [2.24, 2.45) is 5.92 Å². The second-order valence-corrected chi connectivity index (χ2v) is 9.84. The Kier molecular flexibility index (Phi) is 9.66. The molecule has 2 amide bonds. The van der Waals surface area contributed by atoms with E-state index < -0.39 is 6.04 Å². The average molecular weight is 471 g/mol. The molecule has 1 atom stereocenters. The van der Waals surface area contributed by atoms with Crippen LogP contribution in [0.2, 0.25) is 0 Å². The van der Waals surface area contributed by atoms with E-state index in [0.717, 1.165) is 22.3 Å². The van der Waals surface area contributed by atoms with Gasteiger partial charge in [-0.05, 0) is 42.9 Å². The fraction of sp³-hybridized carbons (Fsp3) is 0.355. The second-order valence-electron chi connectivity index (χ2n) is 9.84. The highest BCUT2D eigenvalue weighted by Crippen LogP contribution is 2.18. The van der Waals surface area contributed by atoms with Crippen LogP contribution in [0.5, 0.6) is 0 Å². The summed E-state index contributed by atoms with van der Waals surface area (Å²) in [6, 6.07) is 25.8. The Balaban J connectivity index is 1.89. The third-order valence-electron chi connectivity index (χ3n) is 6.14. The summed E-state index contributed by atoms with van der Waals surface area (Å²) in [5, 5.41) is 3.08. The maximum Gasteiger partial charge on any atom is 0.243 e. The molecule has 0 saturated carbocycles. The molecule has 0 aromatic heterocycles. The fourth-order valence-corrected chi connectivity index (χ4v) is 4.13. The van der Waals surface area contributed by atoms with E-state index >= 15 is 0 Å². The monoisotopic (exact) mass is 470 g/mol. The molecule has 4 heteroatoms. The van der Waals surface area contributed by atoms with E-state index in [0.29, 0.717) is 38.3 Å². The minimum atomic E-state index is -0.581. The molecule has 0 aliphatic rings. The van der Waals surface area contributed by atoms with E-state index in [2.05, 4.69) is 56.4 Å². The molecular weight excluding hydrogens is 432 g/mol. The Labute approximate surface area is 210 Å². The molecule has 3 rings (SSSR count). The Morgan fingerprint density at radius 3 is 2.14 bits per heavy atom. The van der Waals surface area contributed by atoms with Crippen LogP contribution in [-0.4, -0.2) is 29.3 Å². The number of rotatable bonds is 11. The van der Waals surface area contributed by atoms with Crippen molar-refractivity contribution in [3.8, 4) is 0 Å². The maximum absolute atomic E-state index is 13.7. The Bertz CT molecular complexity index is 1090. The molecule has 184 valence electrons. The summed E-state index contributed by atoms with van der Waals surface area (Å²) < 4.78 is 0. The van der Waals surface area contributed by atoms with Crippen molar-refractivity contribution in [3.63, 3.8) is 0 Å². The Morgan fingerprint density at radius 2 is 1.49 bits per heavy atom. The molecule has 0 saturated heterocycles. The standard InChI is InChI=1S/C31H38N2O2/c1-23(2)21-32-31(35)29(20-27-10-6-5-7-11-27)33(22-28-12-8-9-25(4)19-28)30(34)18-17-26-15-13-24(3)14-16-26/h5-16,19,23,29H,17-18,20-22H2,1-4H3,(H,32,35). The molecule has 1 unspecified atom stereocenters. The van der Waals surface area contributed by atoms with Crippen LogP contribution in [0.4, 0.5) is 0 Å². The lowest BCUT2D eigenvalue weighted by Crippen LogP contribution is -2.51. The van der Waals surface area contributed by atoms with Crippen LogP contribution < -0.4 is 5.32 Å². The van der Waals surface area contributed by atoms with Gasteiger partial charge in [0.15, 0.2) is 0 Å². The van der Waals surface area contributed by atoms with Crippen LogP contribution in [0.1, 0.15) is 48.1 Å². The van der Waals surface area contributed by atoms with E-state index in [1.807, 2.05) is 55.5 Å². The van der Waals surface area contributed by atoms with Crippen LogP contribution in [0.15, 0.2) is 78.9 Å². The Hall–Kier alpha value is -3.40. The fourth-order valence-electron chi connectivity index (χ4n) is 4.13. The maximum atomic E-state index is 13.7. The van der Waals surface area contributed by atoms with Gasteiger partial charge < -0.3 is 10.2 Å². The van der Waals surface area contributed by atoms with Crippen molar-refractivity contribution in [1.82, 2.24) is 10.2 Å². The lowest BCUT2D eigenvalue weighted by atomic mass is 10.0. The quantitative estimate of drug-likeness (QED) is 0.394. The van der Waals surface area contributed by atoms with Crippen LogP contribution in [0.3, 0.4) is 0 Å². The zero-order valence-corrected chi connectivity index (χ0v) is 21.5. The van der Waals surface area contributed by atoms with Gasteiger partial charge in [0.1, 0.15) is 6.04 Å². The predicted molar refractivity (Wildman–Crippen MR) is 143 cm³/mol. The molecule has 1 N–H and O–H groups in total. The topological polar surface area (TPSA) is 49.4 Å². The molecule has 4 nitrogen and oxygen atoms in total. The molecule has 0 heterocycles. The number of carbonyl (C=O) groups is 2. The lowest BCUT2D eigenvalue weighted by molar-refractivity contribution is -0.141. The number of carbonyl (C=O) groups excluding carboxylic acids is 2. The molecule has 0 spiro atoms. The van der Waals surface area contributed by atoms with Crippen molar-refractivity contribution in [1.29, 1.82) is 0 Å². The van der Waals surface area contributed by atoms with Crippen molar-refractivity contribution >= 4 is 11.8 Å². The van der Waals surface area contributed by atoms with Crippen LogP contribution >= 0.6 is 0 Å². The average Bonchev–Trinajstić information content (AvgIpc) is 2.85. The van der Waals surface area contributed by atoms with Gasteiger partial charge in [-0.25, -0.2) is 0 Å². The first kappa shape index (κ1) is 26.2. The van der Waals surface area contributed by atoms with Crippen molar-refractivity contribution in [2.45, 2.75) is 59.5 Å². The molecule has 0 radical (unpaired) electrons. The van der Waals surface area contributed by atoms with Gasteiger partial charge in [0, 0.05) is 25.9 Å². The van der Waals surface area contributed by atoms with Gasteiger partial charge in [-0.15, -0.1) is 0 Å². The van der Waals surface area contributed by atoms with Crippen molar-refractivity contribution in [3.05, 3.63) is 107 Å². The van der Waals surface area contributed by atoms with E-state index in [-0.39, 0.29) is 11.8 Å². The first-order valence-electron chi connectivity index (χ1n) is 12.5. The van der Waals surface area contributed by atoms with Gasteiger partial charge in [0.25, 0.3) is 0 Å². The van der Waals surface area contributed by atoms with E-state index in [9.17, 15) is 9.59 Å². The minimum Gasteiger partial charge on any atom is -0.354 e. The first-order chi connectivity index (χ1) is 16.8. The highest BCUT2D eigenvalue weighted by atomic mass is 16.2. The highest BCUT2D eigenvalue weighted by molar-refractivity contribution is 5.88. The smallest absolute Gasteiger partial charge is 0.243 e. The number of amides is 2. The predicted octanol–water partition coefficient (Wildman–Crippen LogP) is 5.65. The number of nitrogens with one attached hydrogen (secondary N) is 1. The summed E-state index contributed by atoms with van der Waals surface area (Å²) in [5.41, 5.74) is 5.54. The molecule has 35 heavy (non-hydrogen) atoms. The summed E-state index contributed by atoms with van der Waals surface area (Å²) in [4.78, 5) is 28.9. The lowest BCUT2D eigenvalue weighted by Gasteiger charge is -2.32. The number of aryl methyl sites for hydroxylation is 3. The van der Waals surface area contributed by atoms with Crippen LogP contribution in [0, 0.1) is 19.8 Å². The molecule has 0 aliphatic carbocycles. The first-order valence-corrected chi connectivity index (χ1v) is 12.5. The van der Waals surface area contributed by atoms with E-state index in [1.54, 1.807) is 4.90 Å². The van der Waals surface area contributed by atoms with Crippen molar-refractivity contribution < 1.29 is 9.59 Å². The summed E-state index contributed by atoms with van der Waals surface area (Å²) >= 11 is 0. The molecular formula is C31H38N2O2. The minimum absolute atomic E-state index is 0.00675. The SMILES string of the molecule is Cc1ccc(CCC(=O)N(Cc2cccc(C)c2)C(Cc2ccccc2)C(=O)NCC(C)C)cc1. The van der Waals surface area contributed by atoms with Crippen LogP contribution in [0.25, 0.3) is 0 Å². The number of hydrogen-bond acceptors (Lipinski definition) is 2. The van der Waals surface area contributed by atoms with Gasteiger partial charge in [-0.2, -0.15) is 0 Å². The van der Waals surface area contributed by atoms with Gasteiger partial charge in [0.05, 0.1) is 0 Å². The normalized spacial score (nSPS) is 11.8. The van der Waals surface area contributed by atoms with E-state index in [1.165, 1.54) is 5.56 Å². The van der Waals surface area contributed by atoms with Gasteiger partial charge in [-0.3, -0.25) is 9.59 Å². The Morgan fingerprint density at radius 1 is 0.800 bits per heavy atom. The largest absolute Gasteiger partial charge is 0.354 e. The summed E-state index contributed by atoms with van der Waals surface area (Å²) in [6.45, 7) is 9.24. The molecule has 3 aromatic rings. The van der Waals surface area contributed by atoms with Gasteiger partial charge in [-0.1, -0.05) is 104 Å².